The van der Waals surface area contributed by atoms with Crippen molar-refractivity contribution in [3.8, 4) is 0 Å². The van der Waals surface area contributed by atoms with Gasteiger partial charge in [-0.3, -0.25) is 4.79 Å². The number of carbonyl (C=O) groups excluding carboxylic acids is 1. The molecule has 3 rings (SSSR count). The van der Waals surface area contributed by atoms with E-state index in [2.05, 4.69) is 24.4 Å². The molecule has 0 spiro atoms. The Kier molecular flexibility index (Phi) is 3.31. The van der Waals surface area contributed by atoms with Gasteiger partial charge in [-0.15, -0.1) is 0 Å². The van der Waals surface area contributed by atoms with Crippen molar-refractivity contribution in [3.05, 3.63) is 35.9 Å². The van der Waals surface area contributed by atoms with Gasteiger partial charge >= 0.3 is 0 Å². The molecule has 0 radical (unpaired) electrons. The first-order valence-corrected chi connectivity index (χ1v) is 7.23. The Labute approximate surface area is 114 Å². The van der Waals surface area contributed by atoms with Gasteiger partial charge in [-0.2, -0.15) is 0 Å². The molecule has 1 aliphatic carbocycles. The average Bonchev–Trinajstić information content (AvgIpc) is 2.47. The van der Waals surface area contributed by atoms with Crippen LogP contribution in [0.3, 0.4) is 0 Å². The molecule has 0 bridgehead atoms. The van der Waals surface area contributed by atoms with Crippen molar-refractivity contribution in [3.63, 3.8) is 0 Å². The second-order valence-corrected chi connectivity index (χ2v) is 5.74. The third-order valence-corrected chi connectivity index (χ3v) is 4.64. The molecule has 1 aromatic carbocycles. The topological polar surface area (TPSA) is 38.3 Å². The minimum atomic E-state index is -0.310. The van der Waals surface area contributed by atoms with Crippen molar-refractivity contribution in [2.75, 3.05) is 6.61 Å². The SMILES string of the molecule is CCC1CCC2OCC(=O)NC2(c2ccccc2)C1. The number of amides is 1. The summed E-state index contributed by atoms with van der Waals surface area (Å²) >= 11 is 0. The smallest absolute Gasteiger partial charge is 0.246 e. The van der Waals surface area contributed by atoms with E-state index in [1.807, 2.05) is 18.2 Å². The molecule has 102 valence electrons. The largest absolute Gasteiger partial charge is 0.366 e. The number of nitrogens with one attached hydrogen (secondary N) is 1. The van der Waals surface area contributed by atoms with E-state index in [1.165, 1.54) is 12.0 Å². The van der Waals surface area contributed by atoms with Gasteiger partial charge in [-0.05, 0) is 30.7 Å². The highest BCUT2D eigenvalue weighted by Gasteiger charge is 2.49. The summed E-state index contributed by atoms with van der Waals surface area (Å²) in [5, 5.41) is 3.25. The molecule has 1 N–H and O–H groups in total. The number of hydrogen-bond acceptors (Lipinski definition) is 2. The molecule has 1 saturated heterocycles. The molecule has 3 atom stereocenters. The van der Waals surface area contributed by atoms with Crippen LogP contribution in [0.1, 0.15) is 38.2 Å². The maximum atomic E-state index is 11.9. The lowest BCUT2D eigenvalue weighted by Gasteiger charge is -2.49. The average molecular weight is 259 g/mol. The molecule has 1 aromatic rings. The van der Waals surface area contributed by atoms with Crippen LogP contribution in [0.25, 0.3) is 0 Å². The highest BCUT2D eigenvalue weighted by Crippen LogP contribution is 2.44. The van der Waals surface area contributed by atoms with Gasteiger partial charge in [-0.25, -0.2) is 0 Å². The van der Waals surface area contributed by atoms with Crippen LogP contribution in [0.4, 0.5) is 0 Å². The molecule has 1 saturated carbocycles. The maximum Gasteiger partial charge on any atom is 0.246 e. The van der Waals surface area contributed by atoms with Gasteiger partial charge in [0.05, 0.1) is 11.6 Å². The van der Waals surface area contributed by atoms with Gasteiger partial charge in [-0.1, -0.05) is 43.7 Å². The minimum absolute atomic E-state index is 0.0110. The number of benzene rings is 1. The Morgan fingerprint density at radius 2 is 2.11 bits per heavy atom. The van der Waals surface area contributed by atoms with Crippen LogP contribution in [0, 0.1) is 5.92 Å². The summed E-state index contributed by atoms with van der Waals surface area (Å²) in [6.07, 6.45) is 4.51. The van der Waals surface area contributed by atoms with Gasteiger partial charge in [0.15, 0.2) is 0 Å². The molecule has 1 heterocycles. The van der Waals surface area contributed by atoms with Crippen LogP contribution < -0.4 is 5.32 Å². The van der Waals surface area contributed by atoms with Crippen molar-refractivity contribution in [1.82, 2.24) is 5.32 Å². The predicted molar refractivity (Wildman–Crippen MR) is 73.6 cm³/mol. The standard InChI is InChI=1S/C16H21NO2/c1-2-12-8-9-14-16(10-12,17-15(18)11-19-14)13-6-4-3-5-7-13/h3-7,12,14H,2,8-11H2,1H3,(H,17,18). The maximum absolute atomic E-state index is 11.9. The molecule has 1 aliphatic heterocycles. The lowest BCUT2D eigenvalue weighted by atomic mass is 9.68. The second-order valence-electron chi connectivity index (χ2n) is 5.74. The van der Waals surface area contributed by atoms with E-state index in [0.717, 1.165) is 19.3 Å². The summed E-state index contributed by atoms with van der Waals surface area (Å²) in [4.78, 5) is 11.9. The summed E-state index contributed by atoms with van der Waals surface area (Å²) < 4.78 is 5.83. The van der Waals surface area contributed by atoms with E-state index in [9.17, 15) is 4.79 Å². The number of carbonyl (C=O) groups is 1. The van der Waals surface area contributed by atoms with Crippen molar-refractivity contribution in [1.29, 1.82) is 0 Å². The predicted octanol–water partition coefficient (Wildman–Crippen LogP) is 2.61. The minimum Gasteiger partial charge on any atom is -0.366 e. The van der Waals surface area contributed by atoms with Crippen molar-refractivity contribution in [2.45, 2.75) is 44.2 Å². The molecule has 2 aliphatic rings. The molecule has 1 amide bonds. The number of morpholine rings is 1. The van der Waals surface area contributed by atoms with E-state index < -0.39 is 0 Å². The van der Waals surface area contributed by atoms with Crippen molar-refractivity contribution < 1.29 is 9.53 Å². The third kappa shape index (κ3) is 2.16. The fourth-order valence-electron chi connectivity index (χ4n) is 3.60. The van der Waals surface area contributed by atoms with Crippen molar-refractivity contribution >= 4 is 5.91 Å². The molecular weight excluding hydrogens is 238 g/mol. The molecule has 0 aromatic heterocycles. The number of rotatable bonds is 2. The van der Waals surface area contributed by atoms with Crippen LogP contribution in [0.5, 0.6) is 0 Å². The van der Waals surface area contributed by atoms with Gasteiger partial charge < -0.3 is 10.1 Å². The van der Waals surface area contributed by atoms with Crippen LogP contribution in [-0.4, -0.2) is 18.6 Å². The van der Waals surface area contributed by atoms with E-state index in [0.29, 0.717) is 5.92 Å². The normalized spacial score (nSPS) is 34.5. The Morgan fingerprint density at radius 3 is 2.84 bits per heavy atom. The van der Waals surface area contributed by atoms with Gasteiger partial charge in [0.1, 0.15) is 6.61 Å². The Balaban J connectivity index is 2.00. The first kappa shape index (κ1) is 12.7. The quantitative estimate of drug-likeness (QED) is 0.886. The Hall–Kier alpha value is -1.35. The lowest BCUT2D eigenvalue weighted by molar-refractivity contribution is -0.151. The fraction of sp³-hybridized carbons (Fsp3) is 0.562. The number of fused-ring (bicyclic) bond motifs is 1. The lowest BCUT2D eigenvalue weighted by Crippen LogP contribution is -2.62. The van der Waals surface area contributed by atoms with Crippen LogP contribution in [0.2, 0.25) is 0 Å². The van der Waals surface area contributed by atoms with Gasteiger partial charge in [0.2, 0.25) is 5.91 Å². The third-order valence-electron chi connectivity index (χ3n) is 4.64. The zero-order valence-corrected chi connectivity index (χ0v) is 11.4. The molecule has 2 fully saturated rings. The van der Waals surface area contributed by atoms with Crippen LogP contribution in [-0.2, 0) is 15.1 Å². The summed E-state index contributed by atoms with van der Waals surface area (Å²) in [5.74, 6) is 0.676. The molecule has 19 heavy (non-hydrogen) atoms. The fourth-order valence-corrected chi connectivity index (χ4v) is 3.60. The van der Waals surface area contributed by atoms with E-state index in [1.54, 1.807) is 0 Å². The summed E-state index contributed by atoms with van der Waals surface area (Å²) in [6, 6.07) is 10.3. The molecule has 3 nitrogen and oxygen atoms in total. The molecular formula is C16H21NO2. The number of ether oxygens (including phenoxy) is 1. The molecule has 3 unspecified atom stereocenters. The zero-order valence-electron chi connectivity index (χ0n) is 11.4. The van der Waals surface area contributed by atoms with E-state index in [-0.39, 0.29) is 24.2 Å². The first-order chi connectivity index (χ1) is 9.24. The highest BCUT2D eigenvalue weighted by molar-refractivity contribution is 5.79. The van der Waals surface area contributed by atoms with Crippen molar-refractivity contribution in [2.24, 2.45) is 5.92 Å². The molecule has 3 heteroatoms. The van der Waals surface area contributed by atoms with Gasteiger partial charge in [0.25, 0.3) is 0 Å². The highest BCUT2D eigenvalue weighted by atomic mass is 16.5. The first-order valence-electron chi connectivity index (χ1n) is 7.23. The van der Waals surface area contributed by atoms with E-state index >= 15 is 0 Å². The summed E-state index contributed by atoms with van der Waals surface area (Å²) in [7, 11) is 0. The van der Waals surface area contributed by atoms with E-state index in [4.69, 9.17) is 4.74 Å². The number of hydrogen-bond donors (Lipinski definition) is 1. The Bertz CT molecular complexity index is 459. The Morgan fingerprint density at radius 1 is 1.32 bits per heavy atom. The monoisotopic (exact) mass is 259 g/mol. The van der Waals surface area contributed by atoms with Gasteiger partial charge in [0, 0.05) is 0 Å². The van der Waals surface area contributed by atoms with Crippen LogP contribution in [0.15, 0.2) is 30.3 Å². The van der Waals surface area contributed by atoms with Crippen LogP contribution >= 0.6 is 0 Å². The summed E-state index contributed by atoms with van der Waals surface area (Å²) in [6.45, 7) is 2.44. The summed E-state index contributed by atoms with van der Waals surface area (Å²) in [5.41, 5.74) is 0.876. The second kappa shape index (κ2) is 4.97. The zero-order chi connectivity index (χ0) is 13.3.